The second-order valence-corrected chi connectivity index (χ2v) is 10.5. The first-order valence-electron chi connectivity index (χ1n) is 14.1. The molecule has 0 radical (unpaired) electrons. The highest BCUT2D eigenvalue weighted by molar-refractivity contribution is 5.85. The average molecular weight is 560 g/mol. The van der Waals surface area contributed by atoms with Crippen LogP contribution in [0.15, 0.2) is 79.1 Å². The van der Waals surface area contributed by atoms with Gasteiger partial charge in [0, 0.05) is 38.4 Å². The fourth-order valence-corrected chi connectivity index (χ4v) is 5.59. The summed E-state index contributed by atoms with van der Waals surface area (Å²) in [7, 11) is 0. The predicted molar refractivity (Wildman–Crippen MR) is 160 cm³/mol. The number of fused-ring (bicyclic) bond motifs is 3. The van der Waals surface area contributed by atoms with E-state index in [-0.39, 0.29) is 0 Å². The molecule has 3 aromatic heterocycles. The topological polar surface area (TPSA) is 109 Å². The summed E-state index contributed by atoms with van der Waals surface area (Å²) < 4.78 is 13.0. The Balaban J connectivity index is 1.05. The van der Waals surface area contributed by atoms with Gasteiger partial charge in [0.25, 0.3) is 0 Å². The average Bonchev–Trinajstić information content (AvgIpc) is 3.78. The van der Waals surface area contributed by atoms with Gasteiger partial charge in [-0.05, 0) is 42.0 Å². The highest BCUT2D eigenvalue weighted by atomic mass is 16.7. The first-order valence-corrected chi connectivity index (χ1v) is 14.1. The molecule has 0 amide bonds. The molecule has 2 aliphatic rings. The molecule has 0 aliphatic carbocycles. The Hall–Kier alpha value is -5.16. The lowest BCUT2D eigenvalue weighted by Crippen LogP contribution is -2.46. The molecule has 11 heteroatoms. The maximum atomic E-state index is 5.56. The molecule has 0 bridgehead atoms. The zero-order chi connectivity index (χ0) is 27.9. The number of benzene rings is 3. The summed E-state index contributed by atoms with van der Waals surface area (Å²) in [5.41, 5.74) is 5.65. The van der Waals surface area contributed by atoms with Crippen LogP contribution in [-0.4, -0.2) is 67.4 Å². The van der Waals surface area contributed by atoms with Gasteiger partial charge < -0.3 is 24.7 Å². The molecule has 0 saturated carbocycles. The van der Waals surface area contributed by atoms with Crippen LogP contribution in [0.25, 0.3) is 27.9 Å². The third kappa shape index (κ3) is 4.63. The summed E-state index contributed by atoms with van der Waals surface area (Å²) in [5.74, 6) is 3.85. The van der Waals surface area contributed by atoms with Crippen molar-refractivity contribution in [1.29, 1.82) is 0 Å². The van der Waals surface area contributed by atoms with Gasteiger partial charge in [-0.2, -0.15) is 9.97 Å². The molecule has 0 spiro atoms. The molecule has 11 nitrogen and oxygen atoms in total. The van der Waals surface area contributed by atoms with E-state index < -0.39 is 0 Å². The van der Waals surface area contributed by atoms with Crippen LogP contribution in [0.5, 0.6) is 11.5 Å². The van der Waals surface area contributed by atoms with Gasteiger partial charge in [0.05, 0.1) is 17.6 Å². The van der Waals surface area contributed by atoms with Crippen LogP contribution in [-0.2, 0) is 13.1 Å². The number of aromatic amines is 1. The van der Waals surface area contributed by atoms with E-state index in [0.29, 0.717) is 25.1 Å². The van der Waals surface area contributed by atoms with E-state index >= 15 is 0 Å². The third-order valence-corrected chi connectivity index (χ3v) is 7.78. The standard InChI is InChI=1S/C31H29N9O2/c1-2-6-22(7-3-1)40-19-33-28-29(32-17-27-34-23-8-4-5-9-24(23)35-27)36-31(37-30(28)40)39-14-12-38(13-15-39)18-21-10-11-25-26(16-21)42-20-41-25/h1-11,16,19H,12-15,17-18,20H2,(H,34,35)(H,32,36,37). The van der Waals surface area contributed by atoms with E-state index in [2.05, 4.69) is 44.4 Å². The lowest BCUT2D eigenvalue weighted by Gasteiger charge is -2.34. The van der Waals surface area contributed by atoms with Gasteiger partial charge in [-0.3, -0.25) is 9.47 Å². The molecule has 1 fully saturated rings. The van der Waals surface area contributed by atoms with Crippen molar-refractivity contribution in [3.05, 3.63) is 90.5 Å². The van der Waals surface area contributed by atoms with E-state index in [4.69, 9.17) is 29.4 Å². The Bertz CT molecular complexity index is 1840. The summed E-state index contributed by atoms with van der Waals surface area (Å²) in [6.45, 7) is 5.07. The van der Waals surface area contributed by atoms with Crippen molar-refractivity contribution in [3.8, 4) is 17.2 Å². The highest BCUT2D eigenvalue weighted by Gasteiger charge is 2.23. The third-order valence-electron chi connectivity index (χ3n) is 7.78. The lowest BCUT2D eigenvalue weighted by atomic mass is 10.1. The fraction of sp³-hybridized carbons (Fsp3) is 0.226. The van der Waals surface area contributed by atoms with Crippen molar-refractivity contribution < 1.29 is 9.47 Å². The van der Waals surface area contributed by atoms with Crippen LogP contribution >= 0.6 is 0 Å². The predicted octanol–water partition coefficient (Wildman–Crippen LogP) is 4.35. The number of piperazine rings is 1. The number of anilines is 2. The lowest BCUT2D eigenvalue weighted by molar-refractivity contribution is 0.174. The van der Waals surface area contributed by atoms with Gasteiger partial charge in [-0.1, -0.05) is 36.4 Å². The van der Waals surface area contributed by atoms with Crippen molar-refractivity contribution in [2.24, 2.45) is 0 Å². The molecule has 8 rings (SSSR count). The van der Waals surface area contributed by atoms with Gasteiger partial charge in [0.2, 0.25) is 12.7 Å². The fourth-order valence-electron chi connectivity index (χ4n) is 5.59. The van der Waals surface area contributed by atoms with Crippen molar-refractivity contribution in [3.63, 3.8) is 0 Å². The molecular weight excluding hydrogens is 530 g/mol. The first kappa shape index (κ1) is 24.6. The Morgan fingerprint density at radius 1 is 0.833 bits per heavy atom. The van der Waals surface area contributed by atoms with Crippen LogP contribution in [0.4, 0.5) is 11.8 Å². The van der Waals surface area contributed by atoms with Gasteiger partial charge in [0.1, 0.15) is 12.2 Å². The van der Waals surface area contributed by atoms with Crippen LogP contribution in [0.2, 0.25) is 0 Å². The molecule has 0 atom stereocenters. The minimum atomic E-state index is 0.292. The maximum Gasteiger partial charge on any atom is 0.231 e. The number of hydrogen-bond donors (Lipinski definition) is 2. The second-order valence-electron chi connectivity index (χ2n) is 10.5. The number of ether oxygens (including phenoxy) is 2. The van der Waals surface area contributed by atoms with E-state index in [1.54, 1.807) is 0 Å². The molecule has 3 aromatic carbocycles. The SMILES string of the molecule is c1ccc(-n2cnc3c(NCc4nc5ccccc5[nH]4)nc(N4CCN(Cc5ccc6c(c5)OCO6)CC4)nc32)cc1. The van der Waals surface area contributed by atoms with Crippen LogP contribution in [0.3, 0.4) is 0 Å². The van der Waals surface area contributed by atoms with Crippen molar-refractivity contribution >= 4 is 34.0 Å². The molecule has 2 N–H and O–H groups in total. The highest BCUT2D eigenvalue weighted by Crippen LogP contribution is 2.33. The summed E-state index contributed by atoms with van der Waals surface area (Å²) in [6.07, 6.45) is 1.81. The summed E-state index contributed by atoms with van der Waals surface area (Å²) in [4.78, 5) is 27.5. The van der Waals surface area contributed by atoms with Crippen molar-refractivity contribution in [2.45, 2.75) is 13.1 Å². The van der Waals surface area contributed by atoms with E-state index in [1.807, 2.05) is 59.4 Å². The number of nitrogens with zero attached hydrogens (tertiary/aromatic N) is 7. The quantitative estimate of drug-likeness (QED) is 0.295. The summed E-state index contributed by atoms with van der Waals surface area (Å²) in [6, 6.07) is 24.4. The van der Waals surface area contributed by atoms with E-state index in [9.17, 15) is 0 Å². The number of H-pyrrole nitrogens is 1. The monoisotopic (exact) mass is 559 g/mol. The minimum Gasteiger partial charge on any atom is -0.454 e. The molecule has 5 heterocycles. The number of hydrogen-bond acceptors (Lipinski definition) is 9. The van der Waals surface area contributed by atoms with Gasteiger partial charge >= 0.3 is 0 Å². The maximum absolute atomic E-state index is 5.56. The molecule has 210 valence electrons. The Morgan fingerprint density at radius 2 is 1.67 bits per heavy atom. The minimum absolute atomic E-state index is 0.292. The van der Waals surface area contributed by atoms with Crippen molar-refractivity contribution in [2.75, 3.05) is 43.2 Å². The Labute approximate surface area is 241 Å². The Kier molecular flexibility index (Phi) is 6.07. The number of aromatic nitrogens is 6. The number of rotatable bonds is 7. The molecule has 0 unspecified atom stereocenters. The van der Waals surface area contributed by atoms with Gasteiger partial charge in [-0.15, -0.1) is 0 Å². The zero-order valence-corrected chi connectivity index (χ0v) is 22.9. The van der Waals surface area contributed by atoms with Crippen LogP contribution in [0.1, 0.15) is 11.4 Å². The van der Waals surface area contributed by atoms with E-state index in [0.717, 1.165) is 77.9 Å². The second kappa shape index (κ2) is 10.3. The van der Waals surface area contributed by atoms with Gasteiger partial charge in [-0.25, -0.2) is 9.97 Å². The Morgan fingerprint density at radius 3 is 2.55 bits per heavy atom. The number of nitrogens with one attached hydrogen (secondary N) is 2. The van der Waals surface area contributed by atoms with Gasteiger partial charge in [0.15, 0.2) is 28.5 Å². The first-order chi connectivity index (χ1) is 20.8. The number of imidazole rings is 2. The normalized spacial score (nSPS) is 15.1. The smallest absolute Gasteiger partial charge is 0.231 e. The zero-order valence-electron chi connectivity index (χ0n) is 22.9. The molecule has 6 aromatic rings. The molecule has 42 heavy (non-hydrogen) atoms. The van der Waals surface area contributed by atoms with Crippen LogP contribution < -0.4 is 19.7 Å². The van der Waals surface area contributed by atoms with E-state index in [1.165, 1.54) is 5.56 Å². The molecule has 2 aliphatic heterocycles. The molecular formula is C31H29N9O2. The van der Waals surface area contributed by atoms with Crippen molar-refractivity contribution in [1.82, 2.24) is 34.4 Å². The molecule has 1 saturated heterocycles. The summed E-state index contributed by atoms with van der Waals surface area (Å²) >= 11 is 0. The number of para-hydroxylation sites is 3. The van der Waals surface area contributed by atoms with Crippen LogP contribution in [0, 0.1) is 0 Å². The largest absolute Gasteiger partial charge is 0.454 e. The summed E-state index contributed by atoms with van der Waals surface area (Å²) in [5, 5.41) is 3.49.